The fourth-order valence-corrected chi connectivity index (χ4v) is 5.02. The van der Waals surface area contributed by atoms with E-state index >= 15 is 0 Å². The van der Waals surface area contributed by atoms with Crippen LogP contribution in [0.2, 0.25) is 0 Å². The number of aryl methyl sites for hydroxylation is 2. The molecule has 1 N–H and O–H groups in total. The molecule has 7 nitrogen and oxygen atoms in total. The summed E-state index contributed by atoms with van der Waals surface area (Å²) in [5.41, 5.74) is 4.49. The number of morpholine rings is 1. The van der Waals surface area contributed by atoms with Crippen molar-refractivity contribution >= 4 is 16.7 Å². The summed E-state index contributed by atoms with van der Waals surface area (Å²) in [7, 11) is 1.95. The standard InChI is InChI=1S/C23H30N6O/c1-16-20(17-13-26-28(2)14-17)7-8-21-22(16)23(25-15-24-21)27-18-3-5-19(6-4-18)29-9-11-30-12-10-29/h7-8,13-15,18-19H,3-6,9-12H2,1-2H3,(H,24,25,27)/t18-,19-. The molecule has 3 heterocycles. The second kappa shape index (κ2) is 8.32. The number of ether oxygens (including phenoxy) is 1. The monoisotopic (exact) mass is 406 g/mol. The number of aromatic nitrogens is 4. The molecule has 2 aromatic heterocycles. The zero-order valence-corrected chi connectivity index (χ0v) is 17.8. The Hall–Kier alpha value is -2.51. The third kappa shape index (κ3) is 3.79. The minimum Gasteiger partial charge on any atom is -0.379 e. The van der Waals surface area contributed by atoms with Gasteiger partial charge in [-0.3, -0.25) is 9.58 Å². The van der Waals surface area contributed by atoms with E-state index in [-0.39, 0.29) is 0 Å². The summed E-state index contributed by atoms with van der Waals surface area (Å²) in [4.78, 5) is 11.8. The summed E-state index contributed by atoms with van der Waals surface area (Å²) in [5.74, 6) is 0.957. The molecular formula is C23H30N6O. The normalized spacial score (nSPS) is 23.0. The number of nitrogens with zero attached hydrogens (tertiary/aromatic N) is 5. The fourth-order valence-electron chi connectivity index (χ4n) is 5.02. The predicted octanol–water partition coefficient (Wildman–Crippen LogP) is 3.39. The Morgan fingerprint density at radius 1 is 1.07 bits per heavy atom. The molecule has 0 spiro atoms. The number of fused-ring (bicyclic) bond motifs is 1. The van der Waals surface area contributed by atoms with Crippen molar-refractivity contribution in [2.75, 3.05) is 31.6 Å². The molecule has 1 aliphatic heterocycles. The molecular weight excluding hydrogens is 376 g/mol. The number of rotatable bonds is 4. The minimum absolute atomic E-state index is 0.460. The van der Waals surface area contributed by atoms with Crippen LogP contribution in [0.15, 0.2) is 30.9 Å². The molecule has 158 valence electrons. The van der Waals surface area contributed by atoms with Gasteiger partial charge in [-0.25, -0.2) is 9.97 Å². The molecule has 3 aromatic rings. The van der Waals surface area contributed by atoms with Gasteiger partial charge in [0.05, 0.1) is 24.9 Å². The van der Waals surface area contributed by atoms with E-state index in [1.54, 1.807) is 6.33 Å². The van der Waals surface area contributed by atoms with Crippen molar-refractivity contribution in [2.24, 2.45) is 7.05 Å². The van der Waals surface area contributed by atoms with Crippen molar-refractivity contribution < 1.29 is 4.74 Å². The van der Waals surface area contributed by atoms with E-state index in [9.17, 15) is 0 Å². The molecule has 1 saturated carbocycles. The second-order valence-corrected chi connectivity index (χ2v) is 8.56. The zero-order valence-electron chi connectivity index (χ0n) is 17.8. The van der Waals surface area contributed by atoms with Crippen LogP contribution in [0.3, 0.4) is 0 Å². The van der Waals surface area contributed by atoms with Crippen molar-refractivity contribution in [3.8, 4) is 11.1 Å². The summed E-state index contributed by atoms with van der Waals surface area (Å²) in [5, 5.41) is 9.21. The van der Waals surface area contributed by atoms with Gasteiger partial charge in [-0.05, 0) is 49.8 Å². The van der Waals surface area contributed by atoms with Gasteiger partial charge in [0.2, 0.25) is 0 Å². The Balaban J connectivity index is 1.36. The Morgan fingerprint density at radius 2 is 1.87 bits per heavy atom. The van der Waals surface area contributed by atoms with Crippen LogP contribution in [0, 0.1) is 6.92 Å². The van der Waals surface area contributed by atoms with Crippen LogP contribution in [-0.4, -0.2) is 63.0 Å². The van der Waals surface area contributed by atoms with Gasteiger partial charge >= 0.3 is 0 Å². The predicted molar refractivity (Wildman–Crippen MR) is 119 cm³/mol. The van der Waals surface area contributed by atoms with Crippen molar-refractivity contribution in [3.63, 3.8) is 0 Å². The molecule has 2 fully saturated rings. The molecule has 1 saturated heterocycles. The van der Waals surface area contributed by atoms with Crippen molar-refractivity contribution in [1.82, 2.24) is 24.6 Å². The van der Waals surface area contributed by atoms with Crippen LogP contribution in [0.4, 0.5) is 5.82 Å². The lowest BCUT2D eigenvalue weighted by molar-refractivity contribution is 0.00791. The topological polar surface area (TPSA) is 68.1 Å². The van der Waals surface area contributed by atoms with E-state index in [4.69, 9.17) is 4.74 Å². The molecule has 0 radical (unpaired) electrons. The Kier molecular flexibility index (Phi) is 5.39. The van der Waals surface area contributed by atoms with Crippen LogP contribution in [0.25, 0.3) is 22.0 Å². The molecule has 2 aliphatic rings. The first-order chi connectivity index (χ1) is 14.7. The maximum absolute atomic E-state index is 5.51. The van der Waals surface area contributed by atoms with Crippen LogP contribution >= 0.6 is 0 Å². The molecule has 0 amide bonds. The van der Waals surface area contributed by atoms with Gasteiger partial charge in [-0.2, -0.15) is 5.10 Å². The van der Waals surface area contributed by atoms with E-state index in [0.717, 1.165) is 48.6 Å². The molecule has 7 heteroatoms. The largest absolute Gasteiger partial charge is 0.379 e. The van der Waals surface area contributed by atoms with Crippen molar-refractivity contribution in [3.05, 3.63) is 36.4 Å². The first-order valence-corrected chi connectivity index (χ1v) is 11.0. The third-order valence-electron chi connectivity index (χ3n) is 6.68. The summed E-state index contributed by atoms with van der Waals surface area (Å²) in [6.07, 6.45) is 10.5. The van der Waals surface area contributed by atoms with Gasteiger partial charge in [0.1, 0.15) is 12.1 Å². The molecule has 30 heavy (non-hydrogen) atoms. The zero-order chi connectivity index (χ0) is 20.5. The minimum atomic E-state index is 0.460. The second-order valence-electron chi connectivity index (χ2n) is 8.56. The van der Waals surface area contributed by atoms with Crippen molar-refractivity contribution in [2.45, 2.75) is 44.7 Å². The molecule has 1 aromatic carbocycles. The summed E-state index contributed by atoms with van der Waals surface area (Å²) >= 11 is 0. The summed E-state index contributed by atoms with van der Waals surface area (Å²) in [6.45, 7) is 6.08. The smallest absolute Gasteiger partial charge is 0.137 e. The Labute approximate surface area is 177 Å². The number of hydrogen-bond donors (Lipinski definition) is 1. The van der Waals surface area contributed by atoms with E-state index in [0.29, 0.717) is 12.1 Å². The fraction of sp³-hybridized carbons (Fsp3) is 0.522. The highest BCUT2D eigenvalue weighted by molar-refractivity contribution is 5.96. The summed E-state index contributed by atoms with van der Waals surface area (Å²) < 4.78 is 7.35. The lowest BCUT2D eigenvalue weighted by Crippen LogP contribution is -2.46. The maximum Gasteiger partial charge on any atom is 0.137 e. The Bertz CT molecular complexity index is 1020. The van der Waals surface area contributed by atoms with Gasteiger partial charge in [0.25, 0.3) is 0 Å². The van der Waals surface area contributed by atoms with Crippen LogP contribution in [0.5, 0.6) is 0 Å². The van der Waals surface area contributed by atoms with E-state index < -0.39 is 0 Å². The van der Waals surface area contributed by atoms with Crippen molar-refractivity contribution in [1.29, 1.82) is 0 Å². The highest BCUT2D eigenvalue weighted by Crippen LogP contribution is 2.33. The first kappa shape index (κ1) is 19.5. The Morgan fingerprint density at radius 3 is 2.60 bits per heavy atom. The van der Waals surface area contributed by atoms with E-state index in [2.05, 4.69) is 50.5 Å². The van der Waals surface area contributed by atoms with Gasteiger partial charge in [0.15, 0.2) is 0 Å². The van der Waals surface area contributed by atoms with Gasteiger partial charge in [0, 0.05) is 49.4 Å². The van der Waals surface area contributed by atoms with Crippen LogP contribution in [0.1, 0.15) is 31.2 Å². The SMILES string of the molecule is Cc1c(-c2cnn(C)c2)ccc2ncnc(N[C@H]3CC[C@H](N4CCOCC4)CC3)c12. The summed E-state index contributed by atoms with van der Waals surface area (Å²) in [6, 6.07) is 5.39. The van der Waals surface area contributed by atoms with Gasteiger partial charge in [-0.1, -0.05) is 6.07 Å². The van der Waals surface area contributed by atoms with Gasteiger partial charge in [-0.15, -0.1) is 0 Å². The third-order valence-corrected chi connectivity index (χ3v) is 6.68. The first-order valence-electron chi connectivity index (χ1n) is 11.0. The lowest BCUT2D eigenvalue weighted by atomic mass is 9.89. The quantitative estimate of drug-likeness (QED) is 0.716. The average molecular weight is 407 g/mol. The van der Waals surface area contributed by atoms with E-state index in [1.807, 2.05) is 17.9 Å². The van der Waals surface area contributed by atoms with Crippen LogP contribution in [-0.2, 0) is 11.8 Å². The molecule has 5 rings (SSSR count). The highest BCUT2D eigenvalue weighted by Gasteiger charge is 2.27. The van der Waals surface area contributed by atoms with Gasteiger partial charge < -0.3 is 10.1 Å². The molecule has 0 unspecified atom stereocenters. The molecule has 1 aliphatic carbocycles. The molecule has 0 bridgehead atoms. The number of nitrogens with one attached hydrogen (secondary N) is 1. The molecule has 0 atom stereocenters. The number of anilines is 1. The number of hydrogen-bond acceptors (Lipinski definition) is 6. The van der Waals surface area contributed by atoms with E-state index in [1.165, 1.54) is 36.8 Å². The number of benzene rings is 1. The maximum atomic E-state index is 5.51. The average Bonchev–Trinajstić information content (AvgIpc) is 3.21. The van der Waals surface area contributed by atoms with Crippen LogP contribution < -0.4 is 5.32 Å². The highest BCUT2D eigenvalue weighted by atomic mass is 16.5. The lowest BCUT2D eigenvalue weighted by Gasteiger charge is -2.39.